The minimum Gasteiger partial charge on any atom is -0.492 e. The lowest BCUT2D eigenvalue weighted by molar-refractivity contribution is -0.137. The van der Waals surface area contributed by atoms with Gasteiger partial charge in [-0.25, -0.2) is 0 Å². The molecule has 0 unspecified atom stereocenters. The average molecular weight is 322 g/mol. The Morgan fingerprint density at radius 1 is 1.17 bits per heavy atom. The molecule has 1 rings (SSSR count). The number of rotatable bonds is 10. The van der Waals surface area contributed by atoms with Gasteiger partial charge in [0, 0.05) is 31.5 Å². The molecule has 1 aromatic carbocycles. The van der Waals surface area contributed by atoms with Crippen molar-refractivity contribution in [2.24, 2.45) is 0 Å². The first-order valence-corrected chi connectivity index (χ1v) is 7.46. The first kappa shape index (κ1) is 18.5. The predicted octanol–water partition coefficient (Wildman–Crippen LogP) is 1.78. The molecule has 3 N–H and O–H groups in total. The molecular formula is C16H22N2O5. The van der Waals surface area contributed by atoms with E-state index in [0.717, 1.165) is 0 Å². The zero-order valence-corrected chi connectivity index (χ0v) is 13.1. The molecule has 0 fully saturated rings. The number of anilines is 1. The number of benzene rings is 1. The highest BCUT2D eigenvalue weighted by molar-refractivity contribution is 5.88. The van der Waals surface area contributed by atoms with Crippen molar-refractivity contribution in [3.8, 4) is 5.75 Å². The van der Waals surface area contributed by atoms with Gasteiger partial charge in [-0.3, -0.25) is 14.4 Å². The third-order valence-electron chi connectivity index (χ3n) is 2.89. The number of ether oxygens (including phenoxy) is 1. The number of hydrogen-bond donors (Lipinski definition) is 3. The van der Waals surface area contributed by atoms with E-state index in [1.165, 1.54) is 6.92 Å². The van der Waals surface area contributed by atoms with Gasteiger partial charge in [0.15, 0.2) is 0 Å². The quantitative estimate of drug-likeness (QED) is 0.570. The molecule has 23 heavy (non-hydrogen) atoms. The lowest BCUT2D eigenvalue weighted by atomic mass is 10.2. The van der Waals surface area contributed by atoms with Crippen LogP contribution in [0, 0.1) is 0 Å². The summed E-state index contributed by atoms with van der Waals surface area (Å²) in [5.74, 6) is -0.518. The molecule has 0 bridgehead atoms. The SMILES string of the molecule is CC(=O)Nc1cccc(OCCNC(=O)CCCCC(=O)O)c1. The molecule has 0 saturated carbocycles. The number of aliphatic carboxylic acids is 1. The number of carbonyl (C=O) groups excluding carboxylic acids is 2. The minimum absolute atomic E-state index is 0.0844. The molecule has 0 radical (unpaired) electrons. The second-order valence-corrected chi connectivity index (χ2v) is 5.01. The summed E-state index contributed by atoms with van der Waals surface area (Å²) in [5, 5.41) is 13.9. The largest absolute Gasteiger partial charge is 0.492 e. The molecule has 0 aliphatic carbocycles. The van der Waals surface area contributed by atoms with Crippen molar-refractivity contribution in [2.45, 2.75) is 32.6 Å². The Hall–Kier alpha value is -2.57. The van der Waals surface area contributed by atoms with Crippen molar-refractivity contribution in [2.75, 3.05) is 18.5 Å². The fraction of sp³-hybridized carbons (Fsp3) is 0.438. The number of carboxylic acid groups (broad SMARTS) is 1. The van der Waals surface area contributed by atoms with Crippen molar-refractivity contribution in [3.63, 3.8) is 0 Å². The highest BCUT2D eigenvalue weighted by atomic mass is 16.5. The molecule has 0 saturated heterocycles. The van der Waals surface area contributed by atoms with Crippen LogP contribution in [0.4, 0.5) is 5.69 Å². The Morgan fingerprint density at radius 3 is 2.61 bits per heavy atom. The van der Waals surface area contributed by atoms with Crippen molar-refractivity contribution in [1.82, 2.24) is 5.32 Å². The second-order valence-electron chi connectivity index (χ2n) is 5.01. The number of nitrogens with one attached hydrogen (secondary N) is 2. The first-order valence-electron chi connectivity index (χ1n) is 7.46. The maximum absolute atomic E-state index is 11.5. The number of carbonyl (C=O) groups is 3. The highest BCUT2D eigenvalue weighted by Crippen LogP contribution is 2.16. The maximum Gasteiger partial charge on any atom is 0.303 e. The van der Waals surface area contributed by atoms with E-state index in [9.17, 15) is 14.4 Å². The van der Waals surface area contributed by atoms with Crippen LogP contribution in [0.25, 0.3) is 0 Å². The summed E-state index contributed by atoms with van der Waals surface area (Å²) in [6, 6.07) is 6.99. The van der Waals surface area contributed by atoms with Gasteiger partial charge in [-0.2, -0.15) is 0 Å². The third-order valence-corrected chi connectivity index (χ3v) is 2.89. The van der Waals surface area contributed by atoms with Crippen molar-refractivity contribution in [3.05, 3.63) is 24.3 Å². The van der Waals surface area contributed by atoms with Crippen LogP contribution in [0.15, 0.2) is 24.3 Å². The van der Waals surface area contributed by atoms with Crippen LogP contribution in [0.1, 0.15) is 32.6 Å². The Morgan fingerprint density at radius 2 is 1.91 bits per heavy atom. The van der Waals surface area contributed by atoms with Crippen molar-refractivity contribution in [1.29, 1.82) is 0 Å². The molecule has 0 spiro atoms. The maximum atomic E-state index is 11.5. The van der Waals surface area contributed by atoms with E-state index in [1.807, 2.05) is 0 Å². The normalized spacial score (nSPS) is 9.96. The second kappa shape index (κ2) is 10.2. The van der Waals surface area contributed by atoms with Gasteiger partial charge in [-0.15, -0.1) is 0 Å². The number of carboxylic acids is 1. The molecule has 2 amide bonds. The van der Waals surface area contributed by atoms with E-state index in [1.54, 1.807) is 24.3 Å². The van der Waals surface area contributed by atoms with Crippen LogP contribution in [-0.2, 0) is 14.4 Å². The molecule has 126 valence electrons. The topological polar surface area (TPSA) is 105 Å². The Labute approximate surface area is 135 Å². The molecular weight excluding hydrogens is 300 g/mol. The fourth-order valence-corrected chi connectivity index (χ4v) is 1.88. The third kappa shape index (κ3) is 9.13. The van der Waals surface area contributed by atoms with Crippen LogP contribution in [0.2, 0.25) is 0 Å². The zero-order chi connectivity index (χ0) is 17.1. The van der Waals surface area contributed by atoms with Gasteiger partial charge in [0.2, 0.25) is 11.8 Å². The van der Waals surface area contributed by atoms with Crippen LogP contribution >= 0.6 is 0 Å². The van der Waals surface area contributed by atoms with E-state index in [-0.39, 0.29) is 18.2 Å². The minimum atomic E-state index is -0.847. The first-order chi connectivity index (χ1) is 11.0. The van der Waals surface area contributed by atoms with Gasteiger partial charge < -0.3 is 20.5 Å². The van der Waals surface area contributed by atoms with Gasteiger partial charge in [0.25, 0.3) is 0 Å². The molecule has 0 heterocycles. The number of hydrogen-bond acceptors (Lipinski definition) is 4. The van der Waals surface area contributed by atoms with Crippen LogP contribution in [0.5, 0.6) is 5.75 Å². The molecule has 0 aliphatic rings. The molecule has 0 aromatic heterocycles. The van der Waals surface area contributed by atoms with Crippen LogP contribution < -0.4 is 15.4 Å². The lowest BCUT2D eigenvalue weighted by Crippen LogP contribution is -2.27. The van der Waals surface area contributed by atoms with E-state index >= 15 is 0 Å². The Balaban J connectivity index is 2.18. The van der Waals surface area contributed by atoms with Crippen LogP contribution in [0.3, 0.4) is 0 Å². The van der Waals surface area contributed by atoms with E-state index < -0.39 is 5.97 Å². The van der Waals surface area contributed by atoms with E-state index in [0.29, 0.717) is 43.9 Å². The molecule has 7 heteroatoms. The lowest BCUT2D eigenvalue weighted by Gasteiger charge is -2.09. The molecule has 7 nitrogen and oxygen atoms in total. The Bertz CT molecular complexity index is 545. The molecule has 0 aliphatic heterocycles. The van der Waals surface area contributed by atoms with Crippen molar-refractivity contribution < 1.29 is 24.2 Å². The number of unbranched alkanes of at least 4 members (excludes halogenated alkanes) is 1. The van der Waals surface area contributed by atoms with E-state index in [2.05, 4.69) is 10.6 Å². The van der Waals surface area contributed by atoms with E-state index in [4.69, 9.17) is 9.84 Å². The average Bonchev–Trinajstić information content (AvgIpc) is 2.48. The smallest absolute Gasteiger partial charge is 0.303 e. The monoisotopic (exact) mass is 322 g/mol. The summed E-state index contributed by atoms with van der Waals surface area (Å²) in [4.78, 5) is 32.8. The van der Waals surface area contributed by atoms with Gasteiger partial charge in [-0.1, -0.05) is 6.07 Å². The Kier molecular flexibility index (Phi) is 8.20. The summed E-state index contributed by atoms with van der Waals surface area (Å²) >= 11 is 0. The van der Waals surface area contributed by atoms with Gasteiger partial charge in [-0.05, 0) is 25.0 Å². The summed E-state index contributed by atoms with van der Waals surface area (Å²) in [6.45, 7) is 2.10. The van der Waals surface area contributed by atoms with Crippen LogP contribution in [-0.4, -0.2) is 36.0 Å². The predicted molar refractivity (Wildman–Crippen MR) is 85.4 cm³/mol. The number of amides is 2. The summed E-state index contributed by atoms with van der Waals surface area (Å²) < 4.78 is 5.49. The highest BCUT2D eigenvalue weighted by Gasteiger charge is 2.03. The molecule has 1 aromatic rings. The van der Waals surface area contributed by atoms with Gasteiger partial charge >= 0.3 is 5.97 Å². The van der Waals surface area contributed by atoms with Crippen molar-refractivity contribution >= 4 is 23.5 Å². The summed E-state index contributed by atoms with van der Waals surface area (Å²) in [5.41, 5.74) is 0.650. The summed E-state index contributed by atoms with van der Waals surface area (Å²) in [6.07, 6.45) is 1.44. The summed E-state index contributed by atoms with van der Waals surface area (Å²) in [7, 11) is 0. The standard InChI is InChI=1S/C16H22N2O5/c1-12(19)18-13-5-4-6-14(11-13)23-10-9-17-15(20)7-2-3-8-16(21)22/h4-6,11H,2-3,7-10H2,1H3,(H,17,20)(H,18,19)(H,21,22). The van der Waals surface area contributed by atoms with Gasteiger partial charge in [0.1, 0.15) is 12.4 Å². The fourth-order valence-electron chi connectivity index (χ4n) is 1.88. The molecule has 0 atom stereocenters. The zero-order valence-electron chi connectivity index (χ0n) is 13.1. The van der Waals surface area contributed by atoms with Gasteiger partial charge in [0.05, 0.1) is 6.54 Å².